The van der Waals surface area contributed by atoms with Crippen LogP contribution in [0.15, 0.2) is 83.8 Å². The predicted octanol–water partition coefficient (Wildman–Crippen LogP) is 6.88. The maximum atomic E-state index is 12.8. The van der Waals surface area contributed by atoms with Crippen LogP contribution in [-0.4, -0.2) is 24.7 Å². The number of nitriles is 1. The molecule has 0 spiro atoms. The standard InChI is InChI=1S/C31H27N3O3S2/c1-37-24-11-5-9-22(15-24)30(36)33-23-10-6-12-25(17-23)38-19-29(35)34-31-27(18-32)26-14-13-21(16-28(26)39-31)20-7-3-2-4-8-20/h2-12,15,17,21H,13-14,16,19H2,1H3,(H,33,36)(H,34,35). The first-order chi connectivity index (χ1) is 19.0. The monoisotopic (exact) mass is 553 g/mol. The maximum Gasteiger partial charge on any atom is 0.255 e. The van der Waals surface area contributed by atoms with E-state index in [2.05, 4.69) is 41.0 Å². The fourth-order valence-corrected chi connectivity index (χ4v) is 6.79. The second-order valence-corrected chi connectivity index (χ2v) is 11.4. The van der Waals surface area contributed by atoms with E-state index in [0.29, 0.717) is 33.5 Å². The molecule has 0 fully saturated rings. The summed E-state index contributed by atoms with van der Waals surface area (Å²) in [5.74, 6) is 0.821. The van der Waals surface area contributed by atoms with Crippen LogP contribution in [0.5, 0.6) is 5.75 Å². The van der Waals surface area contributed by atoms with Crippen molar-refractivity contribution >= 4 is 45.6 Å². The Bertz CT molecular complexity index is 1540. The van der Waals surface area contributed by atoms with Gasteiger partial charge in [0.1, 0.15) is 16.8 Å². The second-order valence-electron chi connectivity index (χ2n) is 9.22. The number of hydrogen-bond acceptors (Lipinski definition) is 6. The van der Waals surface area contributed by atoms with E-state index in [1.165, 1.54) is 33.5 Å². The molecule has 8 heteroatoms. The quantitative estimate of drug-likeness (QED) is 0.232. The van der Waals surface area contributed by atoms with E-state index >= 15 is 0 Å². The minimum absolute atomic E-state index is 0.166. The molecule has 1 atom stereocenters. The number of hydrogen-bond donors (Lipinski definition) is 2. The maximum absolute atomic E-state index is 12.8. The first-order valence-electron chi connectivity index (χ1n) is 12.6. The molecule has 0 saturated heterocycles. The molecular formula is C31H27N3O3S2. The smallest absolute Gasteiger partial charge is 0.255 e. The van der Waals surface area contributed by atoms with Gasteiger partial charge < -0.3 is 15.4 Å². The number of fused-ring (bicyclic) bond motifs is 1. The number of amides is 2. The predicted molar refractivity (Wildman–Crippen MR) is 157 cm³/mol. The number of ether oxygens (including phenoxy) is 1. The van der Waals surface area contributed by atoms with E-state index in [1.807, 2.05) is 24.3 Å². The molecular weight excluding hydrogens is 526 g/mol. The summed E-state index contributed by atoms with van der Waals surface area (Å²) in [5.41, 5.74) is 4.13. The molecule has 0 bridgehead atoms. The zero-order valence-corrected chi connectivity index (χ0v) is 23.0. The highest BCUT2D eigenvalue weighted by Crippen LogP contribution is 2.42. The third-order valence-electron chi connectivity index (χ3n) is 6.69. The molecule has 6 nitrogen and oxygen atoms in total. The van der Waals surface area contributed by atoms with Crippen molar-refractivity contribution in [2.45, 2.75) is 30.1 Å². The van der Waals surface area contributed by atoms with E-state index in [9.17, 15) is 14.9 Å². The number of rotatable bonds is 8. The molecule has 0 saturated carbocycles. The molecule has 1 aromatic heterocycles. The number of methoxy groups -OCH3 is 1. The summed E-state index contributed by atoms with van der Waals surface area (Å²) in [6, 6.07) is 27.1. The molecule has 0 aliphatic heterocycles. The number of carbonyl (C=O) groups excluding carboxylic acids is 2. The van der Waals surface area contributed by atoms with Crippen LogP contribution >= 0.6 is 23.1 Å². The Morgan fingerprint density at radius 1 is 1.05 bits per heavy atom. The normalized spacial score (nSPS) is 14.1. The molecule has 39 heavy (non-hydrogen) atoms. The lowest BCUT2D eigenvalue weighted by molar-refractivity contribution is -0.113. The SMILES string of the molecule is COc1cccc(C(=O)Nc2cccc(SCC(=O)Nc3sc4c(c3C#N)CCC(c3ccccc3)C4)c2)c1. The molecule has 0 radical (unpaired) electrons. The lowest BCUT2D eigenvalue weighted by Crippen LogP contribution is -2.14. The van der Waals surface area contributed by atoms with Gasteiger partial charge in [-0.2, -0.15) is 5.26 Å². The van der Waals surface area contributed by atoms with Crippen molar-refractivity contribution in [1.82, 2.24) is 0 Å². The Balaban J connectivity index is 1.20. The fourth-order valence-electron chi connectivity index (χ4n) is 4.74. The summed E-state index contributed by atoms with van der Waals surface area (Å²) in [4.78, 5) is 27.5. The van der Waals surface area contributed by atoms with Gasteiger partial charge in [0, 0.05) is 21.0 Å². The van der Waals surface area contributed by atoms with Gasteiger partial charge in [-0.05, 0) is 72.7 Å². The van der Waals surface area contributed by atoms with Crippen LogP contribution in [0.2, 0.25) is 0 Å². The summed E-state index contributed by atoms with van der Waals surface area (Å²) >= 11 is 2.90. The molecule has 1 heterocycles. The van der Waals surface area contributed by atoms with Gasteiger partial charge >= 0.3 is 0 Å². The van der Waals surface area contributed by atoms with Crippen molar-refractivity contribution in [3.63, 3.8) is 0 Å². The van der Waals surface area contributed by atoms with Crippen molar-refractivity contribution in [2.24, 2.45) is 0 Å². The number of carbonyl (C=O) groups is 2. The molecule has 1 unspecified atom stereocenters. The van der Waals surface area contributed by atoms with Gasteiger partial charge in [0.25, 0.3) is 5.91 Å². The first kappa shape index (κ1) is 26.5. The van der Waals surface area contributed by atoms with E-state index in [0.717, 1.165) is 29.7 Å². The van der Waals surface area contributed by atoms with Crippen molar-refractivity contribution in [2.75, 3.05) is 23.5 Å². The van der Waals surface area contributed by atoms with Crippen molar-refractivity contribution < 1.29 is 14.3 Å². The zero-order valence-electron chi connectivity index (χ0n) is 21.4. The summed E-state index contributed by atoms with van der Waals surface area (Å²) in [6.45, 7) is 0. The van der Waals surface area contributed by atoms with Crippen molar-refractivity contribution in [3.8, 4) is 11.8 Å². The Kier molecular flexibility index (Phi) is 8.30. The Labute approximate surface area is 236 Å². The number of benzene rings is 3. The number of nitrogens with one attached hydrogen (secondary N) is 2. The van der Waals surface area contributed by atoms with Crippen LogP contribution in [0.1, 0.15) is 44.3 Å². The second kappa shape index (κ2) is 12.2. The van der Waals surface area contributed by atoms with Gasteiger partial charge in [-0.1, -0.05) is 42.5 Å². The van der Waals surface area contributed by atoms with Crippen LogP contribution in [0.4, 0.5) is 10.7 Å². The van der Waals surface area contributed by atoms with Gasteiger partial charge in [-0.3, -0.25) is 9.59 Å². The third kappa shape index (κ3) is 6.33. The highest BCUT2D eigenvalue weighted by atomic mass is 32.2. The molecule has 3 aromatic carbocycles. The van der Waals surface area contributed by atoms with Crippen LogP contribution in [0.3, 0.4) is 0 Å². The van der Waals surface area contributed by atoms with E-state index in [4.69, 9.17) is 4.74 Å². The Morgan fingerprint density at radius 3 is 2.67 bits per heavy atom. The van der Waals surface area contributed by atoms with Crippen LogP contribution in [0.25, 0.3) is 0 Å². The Hall–Kier alpha value is -4.06. The third-order valence-corrected chi connectivity index (χ3v) is 8.86. The first-order valence-corrected chi connectivity index (χ1v) is 14.4. The number of thiophene rings is 1. The van der Waals surface area contributed by atoms with Crippen molar-refractivity contribution in [1.29, 1.82) is 5.26 Å². The molecule has 1 aliphatic rings. The minimum Gasteiger partial charge on any atom is -0.497 e. The van der Waals surface area contributed by atoms with Gasteiger partial charge in [0.05, 0.1) is 18.4 Å². The molecule has 4 aromatic rings. The molecule has 196 valence electrons. The number of nitrogens with zero attached hydrogens (tertiary/aromatic N) is 1. The average molecular weight is 554 g/mol. The largest absolute Gasteiger partial charge is 0.497 e. The summed E-state index contributed by atoms with van der Waals surface area (Å²) in [6.07, 6.45) is 2.72. The fraction of sp³-hybridized carbons (Fsp3) is 0.194. The van der Waals surface area contributed by atoms with E-state index in [-0.39, 0.29) is 17.6 Å². The van der Waals surface area contributed by atoms with Gasteiger partial charge in [-0.25, -0.2) is 0 Å². The summed E-state index contributed by atoms with van der Waals surface area (Å²) in [5, 5.41) is 16.3. The van der Waals surface area contributed by atoms with Crippen LogP contribution < -0.4 is 15.4 Å². The Morgan fingerprint density at radius 2 is 1.87 bits per heavy atom. The van der Waals surface area contributed by atoms with Crippen LogP contribution in [-0.2, 0) is 17.6 Å². The lowest BCUT2D eigenvalue weighted by atomic mass is 9.83. The number of thioether (sulfide) groups is 1. The van der Waals surface area contributed by atoms with E-state index < -0.39 is 0 Å². The van der Waals surface area contributed by atoms with E-state index in [1.54, 1.807) is 37.4 Å². The highest BCUT2D eigenvalue weighted by molar-refractivity contribution is 8.00. The average Bonchev–Trinajstić information content (AvgIpc) is 3.32. The lowest BCUT2D eigenvalue weighted by Gasteiger charge is -2.22. The highest BCUT2D eigenvalue weighted by Gasteiger charge is 2.27. The van der Waals surface area contributed by atoms with Crippen LogP contribution in [0, 0.1) is 11.3 Å². The topological polar surface area (TPSA) is 91.2 Å². The van der Waals surface area contributed by atoms with Gasteiger partial charge in [0.2, 0.25) is 5.91 Å². The van der Waals surface area contributed by atoms with Gasteiger partial charge in [0.15, 0.2) is 0 Å². The molecule has 2 N–H and O–H groups in total. The van der Waals surface area contributed by atoms with Gasteiger partial charge in [-0.15, -0.1) is 23.1 Å². The summed E-state index contributed by atoms with van der Waals surface area (Å²) < 4.78 is 5.19. The summed E-state index contributed by atoms with van der Waals surface area (Å²) in [7, 11) is 1.56. The molecule has 1 aliphatic carbocycles. The number of anilines is 2. The zero-order chi connectivity index (χ0) is 27.2. The molecule has 2 amide bonds. The van der Waals surface area contributed by atoms with Crippen molar-refractivity contribution in [3.05, 3.63) is 106 Å². The minimum atomic E-state index is -0.242. The molecule has 5 rings (SSSR count).